The van der Waals surface area contributed by atoms with E-state index in [2.05, 4.69) is 4.90 Å². The number of aromatic nitrogens is 1. The number of carbonyl (C=O) groups is 1. The van der Waals surface area contributed by atoms with E-state index in [0.717, 1.165) is 31.7 Å². The molecule has 1 amide bonds. The molecule has 4 nitrogen and oxygen atoms in total. The smallest absolute Gasteiger partial charge is 0.270 e. The van der Waals surface area contributed by atoms with Crippen LogP contribution < -0.4 is 0 Å². The van der Waals surface area contributed by atoms with Gasteiger partial charge in [0.2, 0.25) is 0 Å². The van der Waals surface area contributed by atoms with Crippen LogP contribution in [0.15, 0.2) is 24.3 Å². The molecule has 2 heterocycles. The number of nitrogens with zero attached hydrogens (tertiary/aromatic N) is 3. The van der Waals surface area contributed by atoms with E-state index in [4.69, 9.17) is 0 Å². The molecule has 0 bridgehead atoms. The van der Waals surface area contributed by atoms with Crippen molar-refractivity contribution in [2.45, 2.75) is 0 Å². The van der Waals surface area contributed by atoms with Crippen molar-refractivity contribution in [2.24, 2.45) is 7.05 Å². The van der Waals surface area contributed by atoms with Gasteiger partial charge in [-0.3, -0.25) is 4.79 Å². The second kappa shape index (κ2) is 4.90. The van der Waals surface area contributed by atoms with Crippen LogP contribution in [0.5, 0.6) is 0 Å². The van der Waals surface area contributed by atoms with E-state index >= 15 is 0 Å². The zero-order chi connectivity index (χ0) is 14.3. The zero-order valence-corrected chi connectivity index (χ0v) is 11.8. The molecule has 1 aromatic heterocycles. The first kappa shape index (κ1) is 13.1. The molecule has 1 saturated heterocycles. The lowest BCUT2D eigenvalue weighted by Gasteiger charge is -2.32. The number of rotatable bonds is 1. The van der Waals surface area contributed by atoms with Crippen molar-refractivity contribution >= 4 is 16.8 Å². The van der Waals surface area contributed by atoms with Crippen LogP contribution in [0, 0.1) is 5.82 Å². The maximum absolute atomic E-state index is 13.8. The Bertz CT molecular complexity index is 656. The summed E-state index contributed by atoms with van der Waals surface area (Å²) >= 11 is 0. The lowest BCUT2D eigenvalue weighted by atomic mass is 10.2. The summed E-state index contributed by atoms with van der Waals surface area (Å²) in [6.45, 7) is 3.20. The van der Waals surface area contributed by atoms with Gasteiger partial charge in [-0.25, -0.2) is 4.39 Å². The van der Waals surface area contributed by atoms with Gasteiger partial charge in [-0.2, -0.15) is 0 Å². The standard InChI is InChI=1S/C15H18FN3O/c1-17-6-8-19(9-7-17)15(20)14-10-11-12(16)4-3-5-13(11)18(14)2/h3-5,10H,6-9H2,1-2H3. The molecule has 0 saturated carbocycles. The second-order valence-corrected chi connectivity index (χ2v) is 5.36. The quantitative estimate of drug-likeness (QED) is 0.792. The number of hydrogen-bond donors (Lipinski definition) is 0. The molecule has 3 rings (SSSR count). The van der Waals surface area contributed by atoms with Crippen molar-refractivity contribution in [3.8, 4) is 0 Å². The molecule has 0 aliphatic carbocycles. The van der Waals surface area contributed by atoms with Crippen molar-refractivity contribution in [3.63, 3.8) is 0 Å². The summed E-state index contributed by atoms with van der Waals surface area (Å²) in [7, 11) is 3.86. The summed E-state index contributed by atoms with van der Waals surface area (Å²) in [6.07, 6.45) is 0. The number of benzene rings is 1. The molecule has 1 aliphatic rings. The maximum Gasteiger partial charge on any atom is 0.270 e. The predicted octanol–water partition coefficient (Wildman–Crippen LogP) is 1.70. The molecule has 5 heteroatoms. The first-order valence-corrected chi connectivity index (χ1v) is 6.79. The fourth-order valence-corrected chi connectivity index (χ4v) is 2.70. The van der Waals surface area contributed by atoms with Crippen LogP contribution in [0.2, 0.25) is 0 Å². The highest BCUT2D eigenvalue weighted by atomic mass is 19.1. The van der Waals surface area contributed by atoms with Crippen LogP contribution in [0.1, 0.15) is 10.5 Å². The molecule has 0 spiro atoms. The molecule has 0 atom stereocenters. The Morgan fingerprint density at radius 1 is 1.15 bits per heavy atom. The molecule has 1 aliphatic heterocycles. The monoisotopic (exact) mass is 275 g/mol. The number of likely N-dealkylation sites (N-methyl/N-ethyl adjacent to an activating group) is 1. The Kier molecular flexibility index (Phi) is 3.22. The van der Waals surface area contributed by atoms with Gasteiger partial charge in [0.1, 0.15) is 11.5 Å². The van der Waals surface area contributed by atoms with Crippen LogP contribution in [-0.2, 0) is 7.05 Å². The highest BCUT2D eigenvalue weighted by molar-refractivity contribution is 5.98. The fourth-order valence-electron chi connectivity index (χ4n) is 2.70. The number of piperazine rings is 1. The molecule has 1 aromatic carbocycles. The highest BCUT2D eigenvalue weighted by Crippen LogP contribution is 2.22. The summed E-state index contributed by atoms with van der Waals surface area (Å²) in [6, 6.07) is 6.58. The average molecular weight is 275 g/mol. The van der Waals surface area contributed by atoms with E-state index in [-0.39, 0.29) is 11.7 Å². The Morgan fingerprint density at radius 3 is 2.50 bits per heavy atom. The Balaban J connectivity index is 1.96. The topological polar surface area (TPSA) is 28.5 Å². The first-order valence-electron chi connectivity index (χ1n) is 6.79. The third-order valence-corrected chi connectivity index (χ3v) is 4.04. The predicted molar refractivity (Wildman–Crippen MR) is 76.3 cm³/mol. The van der Waals surface area contributed by atoms with Crippen LogP contribution >= 0.6 is 0 Å². The molecular formula is C15H18FN3O. The van der Waals surface area contributed by atoms with Crippen molar-refractivity contribution in [1.82, 2.24) is 14.4 Å². The molecule has 0 unspecified atom stereocenters. The molecular weight excluding hydrogens is 257 g/mol. The van der Waals surface area contributed by atoms with Gasteiger partial charge in [-0.15, -0.1) is 0 Å². The number of halogens is 1. The van der Waals surface area contributed by atoms with Crippen molar-refractivity contribution < 1.29 is 9.18 Å². The lowest BCUT2D eigenvalue weighted by molar-refractivity contribution is 0.0655. The summed E-state index contributed by atoms with van der Waals surface area (Å²) < 4.78 is 15.6. The van der Waals surface area contributed by atoms with Crippen LogP contribution in [0.4, 0.5) is 4.39 Å². The maximum atomic E-state index is 13.8. The fraction of sp³-hybridized carbons (Fsp3) is 0.400. The van der Waals surface area contributed by atoms with Crippen LogP contribution in [-0.4, -0.2) is 53.5 Å². The van der Waals surface area contributed by atoms with Crippen molar-refractivity contribution in [2.75, 3.05) is 33.2 Å². The van der Waals surface area contributed by atoms with Gasteiger partial charge < -0.3 is 14.4 Å². The minimum absolute atomic E-state index is 0.0174. The minimum Gasteiger partial charge on any atom is -0.340 e. The van der Waals surface area contributed by atoms with Crippen LogP contribution in [0.3, 0.4) is 0 Å². The first-order chi connectivity index (χ1) is 9.58. The second-order valence-electron chi connectivity index (χ2n) is 5.36. The van der Waals surface area contributed by atoms with Crippen molar-refractivity contribution in [1.29, 1.82) is 0 Å². The summed E-state index contributed by atoms with van der Waals surface area (Å²) in [4.78, 5) is 16.6. The van der Waals surface area contributed by atoms with Gasteiger partial charge in [-0.05, 0) is 25.2 Å². The summed E-state index contributed by atoms with van der Waals surface area (Å²) in [5.41, 5.74) is 1.30. The van der Waals surface area contributed by atoms with E-state index in [9.17, 15) is 9.18 Å². The number of hydrogen-bond acceptors (Lipinski definition) is 2. The summed E-state index contributed by atoms with van der Waals surface area (Å²) in [5, 5.41) is 0.507. The molecule has 2 aromatic rings. The third kappa shape index (κ3) is 2.08. The zero-order valence-electron chi connectivity index (χ0n) is 11.8. The SMILES string of the molecule is CN1CCN(C(=O)c2cc3c(F)cccc3n2C)CC1. The van der Waals surface area contributed by atoms with Gasteiger partial charge in [0.05, 0.1) is 5.52 Å². The van der Waals surface area contributed by atoms with Gasteiger partial charge >= 0.3 is 0 Å². The van der Waals surface area contributed by atoms with E-state index in [1.807, 2.05) is 25.1 Å². The largest absolute Gasteiger partial charge is 0.340 e. The van der Waals surface area contributed by atoms with Crippen LogP contribution in [0.25, 0.3) is 10.9 Å². The minimum atomic E-state index is -0.282. The average Bonchev–Trinajstić information content (AvgIpc) is 2.78. The van der Waals surface area contributed by atoms with Gasteiger partial charge in [0, 0.05) is 38.6 Å². The van der Waals surface area contributed by atoms with E-state index in [1.165, 1.54) is 6.07 Å². The Labute approximate surface area is 117 Å². The van der Waals surface area contributed by atoms with E-state index < -0.39 is 0 Å². The number of fused-ring (bicyclic) bond motifs is 1. The molecule has 1 fully saturated rings. The molecule has 20 heavy (non-hydrogen) atoms. The number of carbonyl (C=O) groups excluding carboxylic acids is 1. The van der Waals surface area contributed by atoms with Gasteiger partial charge in [0.25, 0.3) is 5.91 Å². The molecule has 0 radical (unpaired) electrons. The molecule has 0 N–H and O–H groups in total. The molecule has 106 valence electrons. The van der Waals surface area contributed by atoms with E-state index in [1.54, 1.807) is 16.7 Å². The summed E-state index contributed by atoms with van der Waals surface area (Å²) in [5.74, 6) is -0.299. The number of amides is 1. The Hall–Kier alpha value is -1.88. The van der Waals surface area contributed by atoms with E-state index in [0.29, 0.717) is 11.1 Å². The number of aryl methyl sites for hydroxylation is 1. The van der Waals surface area contributed by atoms with Gasteiger partial charge in [-0.1, -0.05) is 6.07 Å². The highest BCUT2D eigenvalue weighted by Gasteiger charge is 2.23. The van der Waals surface area contributed by atoms with Gasteiger partial charge in [0.15, 0.2) is 0 Å². The normalized spacial score (nSPS) is 16.9. The van der Waals surface area contributed by atoms with Crippen molar-refractivity contribution in [3.05, 3.63) is 35.8 Å². The lowest BCUT2D eigenvalue weighted by Crippen LogP contribution is -2.47. The Morgan fingerprint density at radius 2 is 1.85 bits per heavy atom. The third-order valence-electron chi connectivity index (χ3n) is 4.04.